The summed E-state index contributed by atoms with van der Waals surface area (Å²) in [5, 5.41) is 9.14. The molecule has 2 aliphatic rings. The summed E-state index contributed by atoms with van der Waals surface area (Å²) in [7, 11) is 0. The van der Waals surface area contributed by atoms with Crippen molar-refractivity contribution in [2.75, 3.05) is 13.2 Å². The van der Waals surface area contributed by atoms with E-state index in [0.29, 0.717) is 17.8 Å². The lowest BCUT2D eigenvalue weighted by Crippen LogP contribution is -2.50. The Morgan fingerprint density at radius 2 is 1.75 bits per heavy atom. The van der Waals surface area contributed by atoms with E-state index < -0.39 is 0 Å². The second-order valence-corrected chi connectivity index (χ2v) is 6.25. The third-order valence-electron chi connectivity index (χ3n) is 4.40. The van der Waals surface area contributed by atoms with Gasteiger partial charge in [0.2, 0.25) is 5.91 Å². The Balaban J connectivity index is 0.00000208. The van der Waals surface area contributed by atoms with Crippen molar-refractivity contribution >= 4 is 24.2 Å². The monoisotopic (exact) mass is 353 g/mol. The largest absolute Gasteiger partial charge is 0.484 e. The zero-order valence-electron chi connectivity index (χ0n) is 13.5. The zero-order valence-corrected chi connectivity index (χ0v) is 14.3. The quantitative estimate of drug-likeness (QED) is 0.713. The molecule has 2 aliphatic heterocycles. The number of rotatable bonds is 6. The molecule has 24 heavy (non-hydrogen) atoms. The molecular formula is C17H24ClN3O3. The molecule has 2 unspecified atom stereocenters. The number of ether oxygens (including phenoxy) is 1. The second-order valence-electron chi connectivity index (χ2n) is 6.25. The van der Waals surface area contributed by atoms with Gasteiger partial charge in [0.25, 0.3) is 5.91 Å². The molecule has 2 saturated heterocycles. The maximum atomic E-state index is 11.9. The highest BCUT2D eigenvalue weighted by Crippen LogP contribution is 2.26. The van der Waals surface area contributed by atoms with E-state index in [2.05, 4.69) is 16.0 Å². The van der Waals surface area contributed by atoms with Crippen LogP contribution in [0.4, 0.5) is 0 Å². The number of halogens is 1. The molecule has 1 aromatic rings. The Kier molecular flexibility index (Phi) is 6.87. The van der Waals surface area contributed by atoms with Gasteiger partial charge in [0.05, 0.1) is 6.54 Å². The highest BCUT2D eigenvalue weighted by atomic mass is 35.5. The first-order valence-electron chi connectivity index (χ1n) is 8.19. The number of piperidine rings is 1. The minimum atomic E-state index is -0.297. The molecule has 2 atom stereocenters. The average Bonchev–Trinajstić information content (AvgIpc) is 2.90. The van der Waals surface area contributed by atoms with E-state index in [1.807, 2.05) is 18.2 Å². The third-order valence-corrected chi connectivity index (χ3v) is 4.40. The number of para-hydroxylation sites is 1. The molecule has 2 bridgehead atoms. The number of hydrogen-bond donors (Lipinski definition) is 3. The van der Waals surface area contributed by atoms with Gasteiger partial charge in [0.1, 0.15) is 5.75 Å². The van der Waals surface area contributed by atoms with Crippen molar-refractivity contribution in [3.05, 3.63) is 30.3 Å². The van der Waals surface area contributed by atoms with Crippen LogP contribution in [0.25, 0.3) is 0 Å². The summed E-state index contributed by atoms with van der Waals surface area (Å²) in [4.78, 5) is 23.6. The SMILES string of the molecule is Cl.O=C(COc1ccccc1)NCC(=O)NC1CC2CCC(C1)N2. The van der Waals surface area contributed by atoms with Crippen molar-refractivity contribution in [2.45, 2.75) is 43.8 Å². The molecule has 3 rings (SSSR count). The summed E-state index contributed by atoms with van der Waals surface area (Å²) in [6, 6.07) is 10.4. The van der Waals surface area contributed by atoms with Gasteiger partial charge in [-0.05, 0) is 37.8 Å². The second kappa shape index (κ2) is 8.89. The van der Waals surface area contributed by atoms with Gasteiger partial charge in [-0.15, -0.1) is 12.4 Å². The molecule has 2 fully saturated rings. The van der Waals surface area contributed by atoms with Gasteiger partial charge < -0.3 is 20.7 Å². The maximum Gasteiger partial charge on any atom is 0.258 e. The van der Waals surface area contributed by atoms with E-state index in [0.717, 1.165) is 12.8 Å². The topological polar surface area (TPSA) is 79.5 Å². The number of nitrogens with one attached hydrogen (secondary N) is 3. The fourth-order valence-electron chi connectivity index (χ4n) is 3.35. The van der Waals surface area contributed by atoms with E-state index >= 15 is 0 Å². The van der Waals surface area contributed by atoms with E-state index in [4.69, 9.17) is 4.74 Å². The lowest BCUT2D eigenvalue weighted by atomic mass is 10.00. The van der Waals surface area contributed by atoms with Crippen LogP contribution in [0.3, 0.4) is 0 Å². The van der Waals surface area contributed by atoms with Gasteiger partial charge in [-0.3, -0.25) is 9.59 Å². The molecule has 0 aromatic heterocycles. The fraction of sp³-hybridized carbons (Fsp3) is 0.529. The predicted octanol–water partition coefficient (Wildman–Crippen LogP) is 1.00. The molecule has 2 amide bonds. The standard InChI is InChI=1S/C17H23N3O3.ClH/c21-16(20-14-8-12-6-7-13(9-14)19-12)10-18-17(22)11-23-15-4-2-1-3-5-15;/h1-5,12-14,19H,6-11H2,(H,18,22)(H,20,21);1H. The number of hydrogen-bond acceptors (Lipinski definition) is 4. The summed E-state index contributed by atoms with van der Waals surface area (Å²) in [6.07, 6.45) is 4.36. The zero-order chi connectivity index (χ0) is 16.1. The smallest absolute Gasteiger partial charge is 0.258 e. The first-order valence-corrected chi connectivity index (χ1v) is 8.19. The summed E-state index contributed by atoms with van der Waals surface area (Å²) in [5.74, 6) is 0.205. The average molecular weight is 354 g/mol. The van der Waals surface area contributed by atoms with Crippen LogP contribution in [0.5, 0.6) is 5.75 Å². The normalized spacial score (nSPS) is 24.6. The fourth-order valence-corrected chi connectivity index (χ4v) is 3.35. The van der Waals surface area contributed by atoms with E-state index in [1.54, 1.807) is 12.1 Å². The minimum Gasteiger partial charge on any atom is -0.484 e. The number of benzene rings is 1. The van der Waals surface area contributed by atoms with Gasteiger partial charge >= 0.3 is 0 Å². The molecule has 0 saturated carbocycles. The van der Waals surface area contributed by atoms with Crippen LogP contribution in [0.2, 0.25) is 0 Å². The van der Waals surface area contributed by atoms with Gasteiger partial charge in [-0.2, -0.15) is 0 Å². The molecule has 132 valence electrons. The summed E-state index contributed by atoms with van der Waals surface area (Å²) in [5.41, 5.74) is 0. The lowest BCUT2D eigenvalue weighted by molar-refractivity contribution is -0.127. The molecule has 6 nitrogen and oxygen atoms in total. The number of carbonyl (C=O) groups excluding carboxylic acids is 2. The van der Waals surface area contributed by atoms with Crippen molar-refractivity contribution in [1.82, 2.24) is 16.0 Å². The molecule has 7 heteroatoms. The van der Waals surface area contributed by atoms with Crippen LogP contribution in [-0.2, 0) is 9.59 Å². The Hall–Kier alpha value is -1.79. The van der Waals surface area contributed by atoms with Crippen molar-refractivity contribution in [1.29, 1.82) is 0 Å². The number of amides is 2. The van der Waals surface area contributed by atoms with Gasteiger partial charge in [-0.1, -0.05) is 18.2 Å². The number of fused-ring (bicyclic) bond motifs is 2. The Morgan fingerprint density at radius 3 is 2.42 bits per heavy atom. The molecule has 0 radical (unpaired) electrons. The van der Waals surface area contributed by atoms with Crippen LogP contribution in [0.1, 0.15) is 25.7 Å². The Labute approximate surface area is 148 Å². The van der Waals surface area contributed by atoms with Gasteiger partial charge in [-0.25, -0.2) is 0 Å². The highest BCUT2D eigenvalue weighted by Gasteiger charge is 2.33. The summed E-state index contributed by atoms with van der Waals surface area (Å²) in [6.45, 7) is -0.0922. The van der Waals surface area contributed by atoms with Crippen LogP contribution >= 0.6 is 12.4 Å². The van der Waals surface area contributed by atoms with Gasteiger partial charge in [0, 0.05) is 18.1 Å². The molecule has 0 aliphatic carbocycles. The van der Waals surface area contributed by atoms with Crippen molar-refractivity contribution in [3.63, 3.8) is 0 Å². The summed E-state index contributed by atoms with van der Waals surface area (Å²) < 4.78 is 5.33. The van der Waals surface area contributed by atoms with Crippen molar-refractivity contribution in [2.24, 2.45) is 0 Å². The Morgan fingerprint density at radius 1 is 1.08 bits per heavy atom. The van der Waals surface area contributed by atoms with Gasteiger partial charge in [0.15, 0.2) is 6.61 Å². The minimum absolute atomic E-state index is 0. The lowest BCUT2D eigenvalue weighted by Gasteiger charge is -2.29. The Bertz CT molecular complexity index is 543. The van der Waals surface area contributed by atoms with Crippen molar-refractivity contribution < 1.29 is 14.3 Å². The maximum absolute atomic E-state index is 11.9. The van der Waals surface area contributed by atoms with E-state index in [9.17, 15) is 9.59 Å². The number of carbonyl (C=O) groups is 2. The highest BCUT2D eigenvalue weighted by molar-refractivity contribution is 5.85. The van der Waals surface area contributed by atoms with Crippen LogP contribution in [-0.4, -0.2) is 43.1 Å². The van der Waals surface area contributed by atoms with Crippen molar-refractivity contribution in [3.8, 4) is 5.75 Å². The van der Waals surface area contributed by atoms with E-state index in [1.165, 1.54) is 12.8 Å². The molecule has 1 aromatic carbocycles. The van der Waals surface area contributed by atoms with Crippen LogP contribution in [0.15, 0.2) is 30.3 Å². The first kappa shape index (κ1) is 18.5. The predicted molar refractivity (Wildman–Crippen MR) is 93.3 cm³/mol. The molecule has 0 spiro atoms. The molecule has 2 heterocycles. The molecular weight excluding hydrogens is 330 g/mol. The summed E-state index contributed by atoms with van der Waals surface area (Å²) >= 11 is 0. The van der Waals surface area contributed by atoms with E-state index in [-0.39, 0.29) is 43.4 Å². The first-order chi connectivity index (χ1) is 11.2. The van der Waals surface area contributed by atoms with Crippen LogP contribution in [0, 0.1) is 0 Å². The van der Waals surface area contributed by atoms with Crippen LogP contribution < -0.4 is 20.7 Å². The molecule has 3 N–H and O–H groups in total. The third kappa shape index (κ3) is 5.39.